The molecule has 0 aliphatic carbocycles. The third-order valence-electron chi connectivity index (χ3n) is 4.40. The summed E-state index contributed by atoms with van der Waals surface area (Å²) in [6, 6.07) is 6.41. The van der Waals surface area contributed by atoms with Gasteiger partial charge in [0.2, 0.25) is 15.9 Å². The molecule has 0 bridgehead atoms. The Hall–Kier alpha value is -1.77. The molecule has 1 fully saturated rings. The Bertz CT molecular complexity index is 723. The minimum atomic E-state index is -3.20. The lowest BCUT2D eigenvalue weighted by molar-refractivity contribution is -0.121. The van der Waals surface area contributed by atoms with Crippen molar-refractivity contribution in [2.45, 2.75) is 38.8 Å². The molecule has 1 atom stereocenters. The van der Waals surface area contributed by atoms with Crippen molar-refractivity contribution in [2.24, 2.45) is 0 Å². The van der Waals surface area contributed by atoms with Crippen LogP contribution in [0.4, 0.5) is 5.69 Å². The van der Waals surface area contributed by atoms with Gasteiger partial charge >= 0.3 is 0 Å². The van der Waals surface area contributed by atoms with Gasteiger partial charge in [-0.1, -0.05) is 0 Å². The Kier molecular flexibility index (Phi) is 6.31. The van der Waals surface area contributed by atoms with E-state index in [0.717, 1.165) is 6.26 Å². The number of benzene rings is 1. The zero-order valence-corrected chi connectivity index (χ0v) is 15.6. The molecule has 1 amide bonds. The minimum absolute atomic E-state index is 0.0168. The van der Waals surface area contributed by atoms with Gasteiger partial charge < -0.3 is 5.32 Å². The topological polar surface area (TPSA) is 95.6 Å². The van der Waals surface area contributed by atoms with Gasteiger partial charge in [0.1, 0.15) is 0 Å². The first kappa shape index (κ1) is 19.6. The van der Waals surface area contributed by atoms with E-state index in [1.54, 1.807) is 24.3 Å². The van der Waals surface area contributed by atoms with Crippen molar-refractivity contribution in [3.63, 3.8) is 0 Å². The van der Waals surface area contributed by atoms with Crippen LogP contribution in [0.15, 0.2) is 24.3 Å². The molecule has 1 unspecified atom stereocenters. The van der Waals surface area contributed by atoms with Gasteiger partial charge in [0, 0.05) is 30.4 Å². The van der Waals surface area contributed by atoms with Gasteiger partial charge in [-0.3, -0.25) is 14.5 Å². The van der Waals surface area contributed by atoms with Crippen LogP contribution in [-0.2, 0) is 14.8 Å². The molecule has 0 spiro atoms. The Labute approximate surface area is 148 Å². The van der Waals surface area contributed by atoms with Crippen molar-refractivity contribution in [1.29, 1.82) is 0 Å². The summed E-state index contributed by atoms with van der Waals surface area (Å²) < 4.78 is 25.2. The third-order valence-corrected chi connectivity index (χ3v) is 5.16. The largest absolute Gasteiger partial charge is 0.325 e. The molecule has 0 saturated carbocycles. The first-order valence-corrected chi connectivity index (χ1v) is 10.2. The number of hydrogen-bond acceptors (Lipinski definition) is 5. The molecule has 0 aromatic heterocycles. The number of carbonyl (C=O) groups is 2. The lowest BCUT2D eigenvalue weighted by Crippen LogP contribution is -2.50. The molecule has 1 heterocycles. The third kappa shape index (κ3) is 5.91. The number of sulfonamides is 1. The fourth-order valence-corrected chi connectivity index (χ4v) is 3.75. The monoisotopic (exact) mass is 367 g/mol. The van der Waals surface area contributed by atoms with Gasteiger partial charge in [0.25, 0.3) is 0 Å². The summed E-state index contributed by atoms with van der Waals surface area (Å²) in [4.78, 5) is 25.7. The number of nitrogens with one attached hydrogen (secondary N) is 2. The predicted octanol–water partition coefficient (Wildman–Crippen LogP) is 1.23. The average Bonchev–Trinajstić information content (AvgIpc) is 2.54. The maximum absolute atomic E-state index is 12.4. The molecule has 7 nitrogen and oxygen atoms in total. The number of carbonyl (C=O) groups excluding carboxylic acids is 2. The summed E-state index contributed by atoms with van der Waals surface area (Å²) in [7, 11) is -3.20. The van der Waals surface area contributed by atoms with Gasteiger partial charge in [-0.15, -0.1) is 0 Å². The van der Waals surface area contributed by atoms with Gasteiger partial charge in [-0.25, -0.2) is 13.1 Å². The fourth-order valence-electron chi connectivity index (χ4n) is 2.91. The lowest BCUT2D eigenvalue weighted by atomic mass is 10.0. The molecule has 138 valence electrons. The van der Waals surface area contributed by atoms with E-state index < -0.39 is 10.0 Å². The summed E-state index contributed by atoms with van der Waals surface area (Å²) in [5, 5.41) is 2.85. The van der Waals surface area contributed by atoms with E-state index in [-0.39, 0.29) is 23.8 Å². The van der Waals surface area contributed by atoms with E-state index in [1.807, 2.05) is 11.8 Å². The molecule has 1 saturated heterocycles. The zero-order chi connectivity index (χ0) is 18.6. The van der Waals surface area contributed by atoms with Crippen LogP contribution in [0.2, 0.25) is 0 Å². The lowest BCUT2D eigenvalue weighted by Gasteiger charge is -2.35. The Morgan fingerprint density at radius 3 is 2.20 bits per heavy atom. The molecule has 25 heavy (non-hydrogen) atoms. The van der Waals surface area contributed by atoms with Crippen LogP contribution in [0.1, 0.15) is 37.0 Å². The number of hydrogen-bond donors (Lipinski definition) is 2. The number of likely N-dealkylation sites (tertiary alicyclic amines) is 1. The molecule has 2 rings (SSSR count). The molecule has 8 heteroatoms. The molecule has 1 aliphatic heterocycles. The second kappa shape index (κ2) is 8.07. The van der Waals surface area contributed by atoms with Crippen LogP contribution >= 0.6 is 0 Å². The molecular weight excluding hydrogens is 342 g/mol. The number of ketones is 1. The van der Waals surface area contributed by atoms with Crippen molar-refractivity contribution in [1.82, 2.24) is 9.62 Å². The van der Waals surface area contributed by atoms with E-state index in [9.17, 15) is 18.0 Å². The summed E-state index contributed by atoms with van der Waals surface area (Å²) in [6.07, 6.45) is 2.52. The average molecular weight is 367 g/mol. The van der Waals surface area contributed by atoms with Crippen LogP contribution in [0.3, 0.4) is 0 Å². The number of anilines is 1. The number of piperidine rings is 1. The highest BCUT2D eigenvalue weighted by molar-refractivity contribution is 7.88. The van der Waals surface area contributed by atoms with Crippen LogP contribution in [0, 0.1) is 0 Å². The molecule has 2 N–H and O–H groups in total. The second-order valence-corrected chi connectivity index (χ2v) is 8.28. The summed E-state index contributed by atoms with van der Waals surface area (Å²) in [6.45, 7) is 4.65. The maximum atomic E-state index is 12.4. The van der Waals surface area contributed by atoms with Crippen molar-refractivity contribution < 1.29 is 18.0 Å². The predicted molar refractivity (Wildman–Crippen MR) is 97.1 cm³/mol. The minimum Gasteiger partial charge on any atom is -0.325 e. The van der Waals surface area contributed by atoms with E-state index >= 15 is 0 Å². The number of nitrogens with zero attached hydrogens (tertiary/aromatic N) is 1. The zero-order valence-electron chi connectivity index (χ0n) is 14.8. The number of amides is 1. The van der Waals surface area contributed by atoms with Gasteiger partial charge in [-0.05, 0) is 51.0 Å². The van der Waals surface area contributed by atoms with Gasteiger partial charge in [0.05, 0.1) is 12.3 Å². The van der Waals surface area contributed by atoms with E-state index in [2.05, 4.69) is 10.0 Å². The normalized spacial score (nSPS) is 17.9. The van der Waals surface area contributed by atoms with Crippen LogP contribution in [0.25, 0.3) is 0 Å². The van der Waals surface area contributed by atoms with Crippen molar-refractivity contribution >= 4 is 27.4 Å². The van der Waals surface area contributed by atoms with Crippen LogP contribution in [0.5, 0.6) is 0 Å². The van der Waals surface area contributed by atoms with Crippen molar-refractivity contribution in [3.05, 3.63) is 29.8 Å². The Balaban J connectivity index is 1.87. The highest BCUT2D eigenvalue weighted by Gasteiger charge is 2.27. The van der Waals surface area contributed by atoms with E-state index in [4.69, 9.17) is 0 Å². The molecule has 1 aromatic carbocycles. The number of rotatable bonds is 6. The number of Topliss-reactive ketones (excluding diaryl/α,β-unsaturated/α-hetero) is 1. The van der Waals surface area contributed by atoms with Crippen molar-refractivity contribution in [3.8, 4) is 0 Å². The van der Waals surface area contributed by atoms with Crippen LogP contribution in [-0.4, -0.2) is 56.4 Å². The standard InChI is InChI=1S/C17H25N3O4S/c1-12(20-10-8-16(9-11-20)19-25(3,23)24)17(22)18-15-6-4-14(5-7-15)13(2)21/h4-7,12,16,19H,8-11H2,1-3H3,(H,18,22). The van der Waals surface area contributed by atoms with Gasteiger partial charge in [-0.2, -0.15) is 0 Å². The summed E-state index contributed by atoms with van der Waals surface area (Å²) in [5.74, 6) is -0.137. The molecular formula is C17H25N3O4S. The fraction of sp³-hybridized carbons (Fsp3) is 0.529. The SMILES string of the molecule is CC(=O)c1ccc(NC(=O)C(C)N2CCC(NS(C)(=O)=O)CC2)cc1. The highest BCUT2D eigenvalue weighted by atomic mass is 32.2. The Morgan fingerprint density at radius 1 is 1.16 bits per heavy atom. The first-order chi connectivity index (χ1) is 11.7. The van der Waals surface area contributed by atoms with E-state index in [1.165, 1.54) is 6.92 Å². The quantitative estimate of drug-likeness (QED) is 0.738. The maximum Gasteiger partial charge on any atom is 0.241 e. The first-order valence-electron chi connectivity index (χ1n) is 8.29. The molecule has 0 radical (unpaired) electrons. The second-order valence-electron chi connectivity index (χ2n) is 6.50. The van der Waals surface area contributed by atoms with Gasteiger partial charge in [0.15, 0.2) is 5.78 Å². The highest BCUT2D eigenvalue weighted by Crippen LogP contribution is 2.16. The smallest absolute Gasteiger partial charge is 0.241 e. The Morgan fingerprint density at radius 2 is 1.72 bits per heavy atom. The summed E-state index contributed by atoms with van der Waals surface area (Å²) in [5.41, 5.74) is 1.25. The van der Waals surface area contributed by atoms with E-state index in [0.29, 0.717) is 37.2 Å². The summed E-state index contributed by atoms with van der Waals surface area (Å²) >= 11 is 0. The molecule has 1 aromatic rings. The van der Waals surface area contributed by atoms with Crippen LogP contribution < -0.4 is 10.0 Å². The van der Waals surface area contributed by atoms with Crippen molar-refractivity contribution in [2.75, 3.05) is 24.7 Å². The molecule has 1 aliphatic rings.